The molecule has 0 radical (unpaired) electrons. The molecule has 1 aromatic carbocycles. The maximum Gasteiger partial charge on any atom is 0.221 e. The number of carbonyl (C=O) groups is 1. The SMILES string of the molecule is CNC(=O)CCNc1c(C)cccc1C. The molecule has 1 amide bonds. The fourth-order valence-electron chi connectivity index (χ4n) is 1.52. The largest absolute Gasteiger partial charge is 0.384 e. The molecule has 0 bridgehead atoms. The molecule has 1 aromatic rings. The number of benzene rings is 1. The van der Waals surface area contributed by atoms with Gasteiger partial charge in [-0.15, -0.1) is 0 Å². The number of amides is 1. The van der Waals surface area contributed by atoms with Crippen LogP contribution >= 0.6 is 0 Å². The summed E-state index contributed by atoms with van der Waals surface area (Å²) in [7, 11) is 1.65. The summed E-state index contributed by atoms with van der Waals surface area (Å²) in [5.41, 5.74) is 3.57. The van der Waals surface area contributed by atoms with Gasteiger partial charge in [0, 0.05) is 25.7 Å². The Morgan fingerprint density at radius 3 is 2.40 bits per heavy atom. The predicted molar refractivity (Wildman–Crippen MR) is 63.1 cm³/mol. The van der Waals surface area contributed by atoms with Gasteiger partial charge in [-0.1, -0.05) is 18.2 Å². The average molecular weight is 206 g/mol. The van der Waals surface area contributed by atoms with E-state index in [0.717, 1.165) is 5.69 Å². The molecule has 0 unspecified atom stereocenters. The summed E-state index contributed by atoms with van der Waals surface area (Å²) in [4.78, 5) is 11.0. The van der Waals surface area contributed by atoms with Gasteiger partial charge >= 0.3 is 0 Å². The molecule has 0 spiro atoms. The molecule has 1 rings (SSSR count). The molecular formula is C12H18N2O. The zero-order valence-electron chi connectivity index (χ0n) is 9.55. The quantitative estimate of drug-likeness (QED) is 0.789. The number of para-hydroxylation sites is 1. The smallest absolute Gasteiger partial charge is 0.221 e. The Bertz CT molecular complexity index is 327. The summed E-state index contributed by atoms with van der Waals surface area (Å²) in [5.74, 6) is 0.0636. The van der Waals surface area contributed by atoms with E-state index in [0.29, 0.717) is 13.0 Å². The first-order valence-electron chi connectivity index (χ1n) is 5.16. The Kier molecular flexibility index (Phi) is 4.16. The molecule has 0 fully saturated rings. The molecule has 0 aromatic heterocycles. The van der Waals surface area contributed by atoms with Crippen LogP contribution in [0.1, 0.15) is 17.5 Å². The maximum absolute atomic E-state index is 11.0. The normalized spacial score (nSPS) is 9.80. The van der Waals surface area contributed by atoms with E-state index in [1.54, 1.807) is 7.05 Å². The standard InChI is InChI=1S/C12H18N2O/c1-9-5-4-6-10(2)12(9)14-8-7-11(15)13-3/h4-6,14H,7-8H2,1-3H3,(H,13,15). The fourth-order valence-corrected chi connectivity index (χ4v) is 1.52. The molecule has 15 heavy (non-hydrogen) atoms. The summed E-state index contributed by atoms with van der Waals surface area (Å²) in [6.07, 6.45) is 0.504. The van der Waals surface area contributed by atoms with Crippen molar-refractivity contribution in [1.82, 2.24) is 5.32 Å². The molecular weight excluding hydrogens is 188 g/mol. The topological polar surface area (TPSA) is 41.1 Å². The highest BCUT2D eigenvalue weighted by Gasteiger charge is 2.02. The van der Waals surface area contributed by atoms with Gasteiger partial charge in [0.05, 0.1) is 0 Å². The van der Waals surface area contributed by atoms with E-state index in [2.05, 4.69) is 36.6 Å². The van der Waals surface area contributed by atoms with Gasteiger partial charge in [0.15, 0.2) is 0 Å². The van der Waals surface area contributed by atoms with Crippen LogP contribution in [-0.2, 0) is 4.79 Å². The van der Waals surface area contributed by atoms with Crippen molar-refractivity contribution in [3.63, 3.8) is 0 Å². The summed E-state index contributed by atoms with van der Waals surface area (Å²) in [6.45, 7) is 4.80. The number of hydrogen-bond acceptors (Lipinski definition) is 2. The van der Waals surface area contributed by atoms with E-state index in [1.165, 1.54) is 11.1 Å². The first-order chi connectivity index (χ1) is 7.15. The van der Waals surface area contributed by atoms with E-state index < -0.39 is 0 Å². The first kappa shape index (κ1) is 11.6. The number of aryl methyl sites for hydroxylation is 2. The minimum Gasteiger partial charge on any atom is -0.384 e. The van der Waals surface area contributed by atoms with E-state index in [1.807, 2.05) is 6.07 Å². The second-order valence-electron chi connectivity index (χ2n) is 3.62. The number of hydrogen-bond donors (Lipinski definition) is 2. The van der Waals surface area contributed by atoms with Gasteiger partial charge in [-0.3, -0.25) is 4.79 Å². The van der Waals surface area contributed by atoms with Crippen LogP contribution in [0.3, 0.4) is 0 Å². The summed E-state index contributed by atoms with van der Waals surface area (Å²) < 4.78 is 0. The lowest BCUT2D eigenvalue weighted by Crippen LogP contribution is -2.21. The lowest BCUT2D eigenvalue weighted by molar-refractivity contribution is -0.120. The van der Waals surface area contributed by atoms with Gasteiger partial charge in [0.25, 0.3) is 0 Å². The van der Waals surface area contributed by atoms with Crippen molar-refractivity contribution in [2.24, 2.45) is 0 Å². The molecule has 0 aliphatic rings. The Hall–Kier alpha value is -1.51. The summed E-state index contributed by atoms with van der Waals surface area (Å²) in [5, 5.41) is 5.89. The van der Waals surface area contributed by atoms with Crippen molar-refractivity contribution in [3.05, 3.63) is 29.3 Å². The van der Waals surface area contributed by atoms with Crippen molar-refractivity contribution in [2.45, 2.75) is 20.3 Å². The molecule has 3 heteroatoms. The van der Waals surface area contributed by atoms with Crippen LogP contribution in [0.25, 0.3) is 0 Å². The molecule has 0 saturated carbocycles. The lowest BCUT2D eigenvalue weighted by atomic mass is 10.1. The molecule has 2 N–H and O–H groups in total. The fraction of sp³-hybridized carbons (Fsp3) is 0.417. The Balaban J connectivity index is 2.54. The Morgan fingerprint density at radius 1 is 1.27 bits per heavy atom. The predicted octanol–water partition coefficient (Wildman–Crippen LogP) is 1.85. The van der Waals surface area contributed by atoms with Crippen LogP contribution in [0.5, 0.6) is 0 Å². The highest BCUT2D eigenvalue weighted by Crippen LogP contribution is 2.18. The van der Waals surface area contributed by atoms with Gasteiger partial charge < -0.3 is 10.6 Å². The van der Waals surface area contributed by atoms with Gasteiger partial charge in [-0.2, -0.15) is 0 Å². The van der Waals surface area contributed by atoms with Crippen LogP contribution in [0, 0.1) is 13.8 Å². The number of anilines is 1. The first-order valence-corrected chi connectivity index (χ1v) is 5.16. The number of rotatable bonds is 4. The molecule has 82 valence electrons. The van der Waals surface area contributed by atoms with Crippen molar-refractivity contribution in [1.29, 1.82) is 0 Å². The van der Waals surface area contributed by atoms with Crippen molar-refractivity contribution >= 4 is 11.6 Å². The monoisotopic (exact) mass is 206 g/mol. The van der Waals surface area contributed by atoms with Gasteiger partial charge in [0.1, 0.15) is 0 Å². The van der Waals surface area contributed by atoms with E-state index in [-0.39, 0.29) is 5.91 Å². The molecule has 0 atom stereocenters. The maximum atomic E-state index is 11.0. The highest BCUT2D eigenvalue weighted by molar-refractivity contribution is 5.76. The second-order valence-corrected chi connectivity index (χ2v) is 3.62. The van der Waals surface area contributed by atoms with Crippen LogP contribution < -0.4 is 10.6 Å². The Morgan fingerprint density at radius 2 is 1.87 bits per heavy atom. The molecule has 0 aliphatic carbocycles. The third-order valence-electron chi connectivity index (χ3n) is 2.41. The third kappa shape index (κ3) is 3.27. The van der Waals surface area contributed by atoms with Crippen LogP contribution in [0.4, 0.5) is 5.69 Å². The zero-order valence-corrected chi connectivity index (χ0v) is 9.55. The second kappa shape index (κ2) is 5.39. The average Bonchev–Trinajstić information content (AvgIpc) is 2.22. The van der Waals surface area contributed by atoms with Crippen LogP contribution in [0.2, 0.25) is 0 Å². The van der Waals surface area contributed by atoms with E-state index in [4.69, 9.17) is 0 Å². The highest BCUT2D eigenvalue weighted by atomic mass is 16.1. The minimum absolute atomic E-state index is 0.0636. The molecule has 3 nitrogen and oxygen atoms in total. The number of carbonyl (C=O) groups excluding carboxylic acids is 1. The van der Waals surface area contributed by atoms with Gasteiger partial charge in [-0.25, -0.2) is 0 Å². The van der Waals surface area contributed by atoms with Gasteiger partial charge in [-0.05, 0) is 25.0 Å². The summed E-state index contributed by atoms with van der Waals surface area (Å²) >= 11 is 0. The van der Waals surface area contributed by atoms with Crippen molar-refractivity contribution < 1.29 is 4.79 Å². The zero-order chi connectivity index (χ0) is 11.3. The summed E-state index contributed by atoms with van der Waals surface area (Å²) in [6, 6.07) is 6.17. The minimum atomic E-state index is 0.0636. The van der Waals surface area contributed by atoms with Crippen molar-refractivity contribution in [2.75, 3.05) is 18.9 Å². The van der Waals surface area contributed by atoms with Crippen LogP contribution in [-0.4, -0.2) is 19.5 Å². The van der Waals surface area contributed by atoms with Crippen molar-refractivity contribution in [3.8, 4) is 0 Å². The Labute approximate surface area is 90.9 Å². The third-order valence-corrected chi connectivity index (χ3v) is 2.41. The van der Waals surface area contributed by atoms with Crippen LogP contribution in [0.15, 0.2) is 18.2 Å². The van der Waals surface area contributed by atoms with E-state index in [9.17, 15) is 4.79 Å². The molecule has 0 saturated heterocycles. The number of nitrogens with one attached hydrogen (secondary N) is 2. The molecule has 0 heterocycles. The van der Waals surface area contributed by atoms with E-state index >= 15 is 0 Å². The molecule has 0 aliphatic heterocycles. The lowest BCUT2D eigenvalue weighted by Gasteiger charge is -2.11. The van der Waals surface area contributed by atoms with Gasteiger partial charge in [0.2, 0.25) is 5.91 Å².